The van der Waals surface area contributed by atoms with Gasteiger partial charge in [-0.2, -0.15) is 0 Å². The predicted molar refractivity (Wildman–Crippen MR) is 87.0 cm³/mol. The van der Waals surface area contributed by atoms with E-state index in [1.165, 1.54) is 0 Å². The van der Waals surface area contributed by atoms with Gasteiger partial charge in [0, 0.05) is 19.0 Å². The molecule has 1 aromatic carbocycles. The lowest BCUT2D eigenvalue weighted by atomic mass is 9.98. The third-order valence-corrected chi connectivity index (χ3v) is 5.00. The van der Waals surface area contributed by atoms with Gasteiger partial charge in [-0.1, -0.05) is 41.7 Å². The summed E-state index contributed by atoms with van der Waals surface area (Å²) in [4.78, 5) is 24.7. The highest BCUT2D eigenvalue weighted by atomic mass is 32.1. The Morgan fingerprint density at radius 3 is 2.54 bits per heavy atom. The standard InChI is InChI=1S/C16H17N3O4S/c20-15(21)14-18-17-13(24-14)12-6-8-19(9-7-12)16(22)23-10-11-4-2-1-3-5-11/h1-5,12H,6-10H2,(H,20,21). The molecule has 0 atom stereocenters. The summed E-state index contributed by atoms with van der Waals surface area (Å²) in [5, 5.41) is 17.3. The molecule has 24 heavy (non-hydrogen) atoms. The molecule has 1 saturated heterocycles. The number of ether oxygens (including phenoxy) is 1. The zero-order chi connectivity index (χ0) is 16.9. The molecule has 3 rings (SSSR count). The van der Waals surface area contributed by atoms with E-state index in [0.29, 0.717) is 13.1 Å². The van der Waals surface area contributed by atoms with Crippen molar-refractivity contribution in [1.29, 1.82) is 0 Å². The molecule has 1 fully saturated rings. The highest BCUT2D eigenvalue weighted by Gasteiger charge is 2.27. The fourth-order valence-electron chi connectivity index (χ4n) is 2.61. The van der Waals surface area contributed by atoms with Crippen molar-refractivity contribution in [3.8, 4) is 0 Å². The second kappa shape index (κ2) is 7.39. The van der Waals surface area contributed by atoms with Gasteiger partial charge >= 0.3 is 12.1 Å². The maximum atomic E-state index is 12.1. The number of benzene rings is 1. The molecule has 8 heteroatoms. The van der Waals surface area contributed by atoms with Crippen molar-refractivity contribution in [3.05, 3.63) is 45.9 Å². The third-order valence-electron chi connectivity index (χ3n) is 3.93. The van der Waals surface area contributed by atoms with E-state index in [1.807, 2.05) is 30.3 Å². The maximum Gasteiger partial charge on any atom is 0.410 e. The van der Waals surface area contributed by atoms with Crippen LogP contribution < -0.4 is 0 Å². The molecule has 2 heterocycles. The zero-order valence-corrected chi connectivity index (χ0v) is 13.7. The van der Waals surface area contributed by atoms with Gasteiger partial charge in [-0.15, -0.1) is 10.2 Å². The number of nitrogens with zero attached hydrogens (tertiary/aromatic N) is 3. The molecule has 0 spiro atoms. The lowest BCUT2D eigenvalue weighted by molar-refractivity contribution is 0.0695. The molecule has 2 aromatic rings. The SMILES string of the molecule is O=C(O)c1nnc(C2CCN(C(=O)OCc3ccccc3)CC2)s1. The van der Waals surface area contributed by atoms with Crippen molar-refractivity contribution in [2.24, 2.45) is 0 Å². The van der Waals surface area contributed by atoms with Crippen LogP contribution in [-0.2, 0) is 11.3 Å². The summed E-state index contributed by atoms with van der Waals surface area (Å²) in [6, 6.07) is 9.55. The van der Waals surface area contributed by atoms with Gasteiger partial charge in [-0.3, -0.25) is 0 Å². The minimum absolute atomic E-state index is 0.00898. The molecule has 1 aliphatic rings. The highest BCUT2D eigenvalue weighted by Crippen LogP contribution is 2.30. The maximum absolute atomic E-state index is 12.1. The Morgan fingerprint density at radius 1 is 1.21 bits per heavy atom. The topological polar surface area (TPSA) is 92.6 Å². The van der Waals surface area contributed by atoms with Crippen molar-refractivity contribution < 1.29 is 19.4 Å². The van der Waals surface area contributed by atoms with Crippen molar-refractivity contribution in [2.45, 2.75) is 25.4 Å². The van der Waals surface area contributed by atoms with Crippen LogP contribution in [0.15, 0.2) is 30.3 Å². The number of likely N-dealkylation sites (tertiary alicyclic amines) is 1. The van der Waals surface area contributed by atoms with Gasteiger partial charge in [0.1, 0.15) is 11.6 Å². The lowest BCUT2D eigenvalue weighted by Crippen LogP contribution is -2.38. The summed E-state index contributed by atoms with van der Waals surface area (Å²) >= 11 is 1.11. The first-order chi connectivity index (χ1) is 11.6. The summed E-state index contributed by atoms with van der Waals surface area (Å²) in [6.07, 6.45) is 1.14. The minimum atomic E-state index is -1.05. The van der Waals surface area contributed by atoms with Crippen LogP contribution in [0.4, 0.5) is 4.79 Å². The summed E-state index contributed by atoms with van der Waals surface area (Å²) < 4.78 is 5.33. The molecule has 1 aliphatic heterocycles. The molecule has 0 aliphatic carbocycles. The summed E-state index contributed by atoms with van der Waals surface area (Å²) in [5.41, 5.74) is 0.954. The summed E-state index contributed by atoms with van der Waals surface area (Å²) in [5.74, 6) is -0.908. The number of carboxylic acids is 1. The molecular weight excluding hydrogens is 330 g/mol. The number of aromatic carboxylic acids is 1. The molecule has 1 amide bonds. The van der Waals surface area contributed by atoms with E-state index in [9.17, 15) is 9.59 Å². The average molecular weight is 347 g/mol. The second-order valence-corrected chi connectivity index (χ2v) is 6.56. The predicted octanol–water partition coefficient (Wildman–Crippen LogP) is 2.75. The van der Waals surface area contributed by atoms with Gasteiger partial charge in [-0.25, -0.2) is 9.59 Å². The molecule has 0 radical (unpaired) electrons. The fraction of sp³-hybridized carbons (Fsp3) is 0.375. The Balaban J connectivity index is 1.49. The van der Waals surface area contributed by atoms with Crippen molar-refractivity contribution in [3.63, 3.8) is 0 Å². The van der Waals surface area contributed by atoms with Crippen LogP contribution in [0.1, 0.15) is 39.1 Å². The number of amides is 1. The number of carbonyl (C=O) groups is 2. The van der Waals surface area contributed by atoms with Gasteiger partial charge in [0.25, 0.3) is 0 Å². The Labute approximate surface area is 142 Å². The Morgan fingerprint density at radius 2 is 1.92 bits per heavy atom. The Bertz CT molecular complexity index is 711. The highest BCUT2D eigenvalue weighted by molar-refractivity contribution is 7.13. The van der Waals surface area contributed by atoms with Crippen LogP contribution in [-0.4, -0.2) is 45.4 Å². The lowest BCUT2D eigenvalue weighted by Gasteiger charge is -2.30. The number of piperidine rings is 1. The smallest absolute Gasteiger partial charge is 0.410 e. The number of rotatable bonds is 4. The molecular formula is C16H17N3O4S. The first kappa shape index (κ1) is 16.4. The van der Waals surface area contributed by atoms with Crippen molar-refractivity contribution in [2.75, 3.05) is 13.1 Å². The van der Waals surface area contributed by atoms with Gasteiger partial charge in [0.05, 0.1) is 0 Å². The number of hydrogen-bond acceptors (Lipinski definition) is 6. The summed E-state index contributed by atoms with van der Waals surface area (Å²) in [7, 11) is 0. The van der Waals surface area contributed by atoms with E-state index in [0.717, 1.165) is 34.7 Å². The van der Waals surface area contributed by atoms with Crippen LogP contribution in [0, 0.1) is 0 Å². The van der Waals surface area contributed by atoms with E-state index in [4.69, 9.17) is 9.84 Å². The third kappa shape index (κ3) is 3.88. The molecule has 1 N–H and O–H groups in total. The molecule has 1 aromatic heterocycles. The zero-order valence-electron chi connectivity index (χ0n) is 12.9. The second-order valence-electron chi connectivity index (χ2n) is 5.55. The number of hydrogen-bond donors (Lipinski definition) is 1. The molecule has 126 valence electrons. The van der Waals surface area contributed by atoms with Crippen LogP contribution in [0.25, 0.3) is 0 Å². The van der Waals surface area contributed by atoms with E-state index >= 15 is 0 Å². The number of aromatic nitrogens is 2. The quantitative estimate of drug-likeness (QED) is 0.914. The molecule has 7 nitrogen and oxygen atoms in total. The van der Waals surface area contributed by atoms with Gasteiger partial charge in [-0.05, 0) is 18.4 Å². The van der Waals surface area contributed by atoms with Crippen LogP contribution >= 0.6 is 11.3 Å². The summed E-state index contributed by atoms with van der Waals surface area (Å²) in [6.45, 7) is 1.40. The van der Waals surface area contributed by atoms with Gasteiger partial charge in [0.2, 0.25) is 5.01 Å². The Kier molecular flexibility index (Phi) is 5.05. The minimum Gasteiger partial charge on any atom is -0.476 e. The van der Waals surface area contributed by atoms with Crippen LogP contribution in [0.2, 0.25) is 0 Å². The van der Waals surface area contributed by atoms with Gasteiger partial charge < -0.3 is 14.7 Å². The monoisotopic (exact) mass is 347 g/mol. The number of carbonyl (C=O) groups excluding carboxylic acids is 1. The van der Waals surface area contributed by atoms with E-state index in [2.05, 4.69) is 10.2 Å². The first-order valence-electron chi connectivity index (χ1n) is 7.66. The van der Waals surface area contributed by atoms with Crippen molar-refractivity contribution in [1.82, 2.24) is 15.1 Å². The average Bonchev–Trinajstić information content (AvgIpc) is 3.11. The molecule has 0 bridgehead atoms. The van der Waals surface area contributed by atoms with E-state index in [1.54, 1.807) is 4.90 Å². The van der Waals surface area contributed by atoms with Crippen molar-refractivity contribution >= 4 is 23.4 Å². The van der Waals surface area contributed by atoms with E-state index in [-0.39, 0.29) is 23.6 Å². The normalized spacial score (nSPS) is 15.2. The first-order valence-corrected chi connectivity index (χ1v) is 8.47. The molecule has 0 unspecified atom stereocenters. The van der Waals surface area contributed by atoms with Crippen LogP contribution in [0.5, 0.6) is 0 Å². The van der Waals surface area contributed by atoms with Crippen LogP contribution in [0.3, 0.4) is 0 Å². The number of carboxylic acid groups (broad SMARTS) is 1. The Hall–Kier alpha value is -2.48. The largest absolute Gasteiger partial charge is 0.476 e. The van der Waals surface area contributed by atoms with Gasteiger partial charge in [0.15, 0.2) is 0 Å². The van der Waals surface area contributed by atoms with E-state index < -0.39 is 5.97 Å². The fourth-order valence-corrected chi connectivity index (χ4v) is 3.46. The molecule has 0 saturated carbocycles.